The summed E-state index contributed by atoms with van der Waals surface area (Å²) in [6, 6.07) is 3.70. The van der Waals surface area contributed by atoms with E-state index in [1.807, 2.05) is 12.1 Å². The van der Waals surface area contributed by atoms with Crippen LogP contribution in [0.5, 0.6) is 0 Å². The maximum atomic E-state index is 12.1. The Hall–Kier alpha value is -2.31. The molecular weight excluding hydrogens is 296 g/mol. The third-order valence-corrected chi connectivity index (χ3v) is 4.51. The van der Waals surface area contributed by atoms with Crippen LogP contribution in [-0.4, -0.2) is 53.2 Å². The summed E-state index contributed by atoms with van der Waals surface area (Å²) in [4.78, 5) is 31.3. The first-order valence-electron chi connectivity index (χ1n) is 8.09. The molecule has 2 aliphatic rings. The molecule has 2 saturated heterocycles. The van der Waals surface area contributed by atoms with E-state index in [4.69, 9.17) is 5.11 Å². The van der Waals surface area contributed by atoms with Gasteiger partial charge < -0.3 is 20.2 Å². The van der Waals surface area contributed by atoms with Crippen molar-refractivity contribution in [2.75, 3.05) is 31.1 Å². The quantitative estimate of drug-likeness (QED) is 0.874. The first-order valence-corrected chi connectivity index (χ1v) is 8.09. The summed E-state index contributed by atoms with van der Waals surface area (Å²) in [5, 5.41) is 11.9. The number of aromatic nitrogens is 1. The fraction of sp³-hybridized carbons (Fsp3) is 0.562. The van der Waals surface area contributed by atoms with Crippen LogP contribution in [-0.2, 0) is 11.3 Å². The van der Waals surface area contributed by atoms with Gasteiger partial charge in [0.05, 0.1) is 5.92 Å². The van der Waals surface area contributed by atoms with Crippen LogP contribution in [0.15, 0.2) is 18.3 Å². The van der Waals surface area contributed by atoms with Crippen LogP contribution in [0.25, 0.3) is 0 Å². The van der Waals surface area contributed by atoms with Crippen molar-refractivity contribution in [2.45, 2.75) is 25.8 Å². The molecule has 0 bridgehead atoms. The van der Waals surface area contributed by atoms with Gasteiger partial charge in [-0.3, -0.25) is 4.79 Å². The van der Waals surface area contributed by atoms with Crippen LogP contribution < -0.4 is 10.2 Å². The zero-order valence-electron chi connectivity index (χ0n) is 13.1. The second-order valence-electron chi connectivity index (χ2n) is 6.15. The van der Waals surface area contributed by atoms with Gasteiger partial charge in [0, 0.05) is 38.9 Å². The molecule has 7 heteroatoms. The molecule has 23 heavy (non-hydrogen) atoms. The van der Waals surface area contributed by atoms with Crippen molar-refractivity contribution in [2.24, 2.45) is 5.92 Å². The molecule has 2 aliphatic heterocycles. The summed E-state index contributed by atoms with van der Waals surface area (Å²) in [7, 11) is 0. The number of nitrogens with one attached hydrogen (secondary N) is 1. The van der Waals surface area contributed by atoms with Gasteiger partial charge in [-0.1, -0.05) is 0 Å². The van der Waals surface area contributed by atoms with E-state index >= 15 is 0 Å². The molecule has 1 unspecified atom stereocenters. The van der Waals surface area contributed by atoms with Crippen molar-refractivity contribution in [1.82, 2.24) is 15.2 Å². The Morgan fingerprint density at radius 1 is 1.30 bits per heavy atom. The summed E-state index contributed by atoms with van der Waals surface area (Å²) in [6.07, 6.45) is 4.69. The van der Waals surface area contributed by atoms with E-state index in [0.717, 1.165) is 24.5 Å². The van der Waals surface area contributed by atoms with Gasteiger partial charge in [0.15, 0.2) is 0 Å². The molecule has 3 heterocycles. The van der Waals surface area contributed by atoms with Gasteiger partial charge in [-0.25, -0.2) is 9.78 Å². The van der Waals surface area contributed by atoms with E-state index in [1.165, 1.54) is 12.8 Å². The Labute approximate surface area is 135 Å². The molecule has 0 radical (unpaired) electrons. The summed E-state index contributed by atoms with van der Waals surface area (Å²) < 4.78 is 0. The number of rotatable bonds is 4. The summed E-state index contributed by atoms with van der Waals surface area (Å²) in [6.45, 7) is 3.28. The second-order valence-corrected chi connectivity index (χ2v) is 6.15. The van der Waals surface area contributed by atoms with Crippen molar-refractivity contribution in [3.63, 3.8) is 0 Å². The lowest BCUT2D eigenvalue weighted by Gasteiger charge is -2.18. The molecule has 2 N–H and O–H groups in total. The minimum atomic E-state index is -0.829. The maximum Gasteiger partial charge on any atom is 0.317 e. The molecule has 1 atom stereocenters. The predicted molar refractivity (Wildman–Crippen MR) is 85.2 cm³/mol. The lowest BCUT2D eigenvalue weighted by molar-refractivity contribution is -0.141. The third kappa shape index (κ3) is 3.72. The number of hydrogen-bond donors (Lipinski definition) is 2. The van der Waals surface area contributed by atoms with Gasteiger partial charge in [-0.15, -0.1) is 0 Å². The van der Waals surface area contributed by atoms with Crippen LogP contribution in [0.3, 0.4) is 0 Å². The molecule has 0 aromatic carbocycles. The fourth-order valence-electron chi connectivity index (χ4n) is 3.13. The van der Waals surface area contributed by atoms with E-state index in [1.54, 1.807) is 11.1 Å². The first kappa shape index (κ1) is 15.6. The van der Waals surface area contributed by atoms with Crippen LogP contribution in [0.4, 0.5) is 10.6 Å². The molecule has 2 fully saturated rings. The Morgan fingerprint density at radius 2 is 2.09 bits per heavy atom. The zero-order chi connectivity index (χ0) is 16.2. The highest BCUT2D eigenvalue weighted by Crippen LogP contribution is 2.19. The molecular formula is C16H22N4O3. The highest BCUT2D eigenvalue weighted by atomic mass is 16.4. The first-order chi connectivity index (χ1) is 11.1. The summed E-state index contributed by atoms with van der Waals surface area (Å²) >= 11 is 0. The van der Waals surface area contributed by atoms with Crippen molar-refractivity contribution in [3.8, 4) is 0 Å². The molecule has 124 valence electrons. The smallest absolute Gasteiger partial charge is 0.317 e. The Morgan fingerprint density at radius 3 is 2.78 bits per heavy atom. The average Bonchev–Trinajstić information content (AvgIpc) is 3.24. The summed E-state index contributed by atoms with van der Waals surface area (Å²) in [5.41, 5.74) is 1.00. The Bertz CT molecular complexity index is 586. The SMILES string of the molecule is O=C(O)C1CCN(C(=O)NCc2ccnc(N3CCCC3)c2)C1. The largest absolute Gasteiger partial charge is 0.481 e. The standard InChI is InChI=1S/C16H22N4O3/c21-15(22)13-4-8-20(11-13)16(23)18-10-12-3-5-17-14(9-12)19-6-1-2-7-19/h3,5,9,13H,1-2,4,6-8,10-11H2,(H,18,23)(H,21,22). The number of aliphatic carboxylic acids is 1. The lowest BCUT2D eigenvalue weighted by Crippen LogP contribution is -2.38. The molecule has 3 rings (SSSR count). The van der Waals surface area contributed by atoms with E-state index < -0.39 is 11.9 Å². The molecule has 7 nitrogen and oxygen atoms in total. The maximum absolute atomic E-state index is 12.1. The zero-order valence-corrected chi connectivity index (χ0v) is 13.1. The van der Waals surface area contributed by atoms with Crippen LogP contribution in [0.2, 0.25) is 0 Å². The number of pyridine rings is 1. The molecule has 1 aromatic rings. The summed E-state index contributed by atoms with van der Waals surface area (Å²) in [5.74, 6) is -0.311. The van der Waals surface area contributed by atoms with E-state index in [0.29, 0.717) is 19.5 Å². The van der Waals surface area contributed by atoms with E-state index in [2.05, 4.69) is 15.2 Å². The minimum absolute atomic E-state index is 0.201. The van der Waals surface area contributed by atoms with Crippen LogP contribution in [0, 0.1) is 5.92 Å². The van der Waals surface area contributed by atoms with Gasteiger partial charge in [0.2, 0.25) is 0 Å². The number of likely N-dealkylation sites (tertiary alicyclic amines) is 1. The predicted octanol–water partition coefficient (Wildman–Crippen LogP) is 1.30. The molecule has 0 aliphatic carbocycles. The van der Waals surface area contributed by atoms with Crippen LogP contribution >= 0.6 is 0 Å². The topological polar surface area (TPSA) is 85.8 Å². The van der Waals surface area contributed by atoms with Crippen LogP contribution in [0.1, 0.15) is 24.8 Å². The second kappa shape index (κ2) is 6.85. The lowest BCUT2D eigenvalue weighted by atomic mass is 10.1. The Kier molecular flexibility index (Phi) is 4.64. The van der Waals surface area contributed by atoms with Crippen molar-refractivity contribution >= 4 is 17.8 Å². The van der Waals surface area contributed by atoms with Gasteiger partial charge >= 0.3 is 12.0 Å². The van der Waals surface area contributed by atoms with Crippen molar-refractivity contribution in [3.05, 3.63) is 23.9 Å². The van der Waals surface area contributed by atoms with Gasteiger partial charge in [-0.2, -0.15) is 0 Å². The Balaban J connectivity index is 1.53. The number of anilines is 1. The molecule has 0 saturated carbocycles. The monoisotopic (exact) mass is 318 g/mol. The number of nitrogens with zero attached hydrogens (tertiary/aromatic N) is 3. The number of amides is 2. The number of carboxylic acids is 1. The van der Waals surface area contributed by atoms with Gasteiger partial charge in [0.1, 0.15) is 5.82 Å². The fourth-order valence-corrected chi connectivity index (χ4v) is 3.13. The third-order valence-electron chi connectivity index (χ3n) is 4.51. The number of carboxylic acid groups (broad SMARTS) is 1. The molecule has 1 aromatic heterocycles. The van der Waals surface area contributed by atoms with Crippen molar-refractivity contribution in [1.29, 1.82) is 0 Å². The van der Waals surface area contributed by atoms with Gasteiger partial charge in [-0.05, 0) is 37.0 Å². The highest BCUT2D eigenvalue weighted by Gasteiger charge is 2.30. The normalized spacial score (nSPS) is 20.8. The number of urea groups is 1. The van der Waals surface area contributed by atoms with E-state index in [-0.39, 0.29) is 12.6 Å². The highest BCUT2D eigenvalue weighted by molar-refractivity contribution is 5.77. The van der Waals surface area contributed by atoms with E-state index in [9.17, 15) is 9.59 Å². The average molecular weight is 318 g/mol. The van der Waals surface area contributed by atoms with Gasteiger partial charge in [0.25, 0.3) is 0 Å². The minimum Gasteiger partial charge on any atom is -0.481 e. The number of carbonyl (C=O) groups is 2. The van der Waals surface area contributed by atoms with Crippen molar-refractivity contribution < 1.29 is 14.7 Å². The molecule has 2 amide bonds. The number of carbonyl (C=O) groups excluding carboxylic acids is 1. The molecule has 0 spiro atoms. The number of hydrogen-bond acceptors (Lipinski definition) is 4.